The summed E-state index contributed by atoms with van der Waals surface area (Å²) in [7, 11) is 4.04. The van der Waals surface area contributed by atoms with Crippen molar-refractivity contribution in [2.45, 2.75) is 25.8 Å². The third-order valence-corrected chi connectivity index (χ3v) is 3.50. The van der Waals surface area contributed by atoms with E-state index in [0.29, 0.717) is 18.9 Å². The molecular weight excluding hydrogens is 236 g/mol. The molecule has 1 atom stereocenters. The second kappa shape index (κ2) is 6.41. The zero-order chi connectivity index (χ0) is 13.7. The second-order valence-electron chi connectivity index (χ2n) is 5.31. The molecular formula is C16H22N2O. The molecule has 0 aliphatic heterocycles. The predicted octanol–water partition coefficient (Wildman–Crippen LogP) is 2.73. The monoisotopic (exact) mass is 258 g/mol. The first-order valence-corrected chi connectivity index (χ1v) is 6.85. The Balaban J connectivity index is 1.78. The van der Waals surface area contributed by atoms with E-state index in [4.69, 9.17) is 0 Å². The van der Waals surface area contributed by atoms with Gasteiger partial charge in [-0.3, -0.25) is 4.79 Å². The molecule has 0 heterocycles. The first-order chi connectivity index (χ1) is 9.15. The molecule has 0 spiro atoms. The Morgan fingerprint density at radius 3 is 2.63 bits per heavy atom. The van der Waals surface area contributed by atoms with Gasteiger partial charge in [0.1, 0.15) is 0 Å². The molecule has 1 aromatic rings. The van der Waals surface area contributed by atoms with Gasteiger partial charge in [-0.15, -0.1) is 0 Å². The van der Waals surface area contributed by atoms with Gasteiger partial charge >= 0.3 is 0 Å². The molecule has 19 heavy (non-hydrogen) atoms. The van der Waals surface area contributed by atoms with Crippen LogP contribution in [0.4, 0.5) is 5.69 Å². The van der Waals surface area contributed by atoms with Crippen molar-refractivity contribution in [2.24, 2.45) is 5.92 Å². The zero-order valence-electron chi connectivity index (χ0n) is 11.7. The van der Waals surface area contributed by atoms with Gasteiger partial charge in [-0.1, -0.05) is 24.3 Å². The predicted molar refractivity (Wildman–Crippen MR) is 79.1 cm³/mol. The smallest absolute Gasteiger partial charge is 0.220 e. The summed E-state index contributed by atoms with van der Waals surface area (Å²) in [4.78, 5) is 13.9. The minimum Gasteiger partial charge on any atom is -0.378 e. The SMILES string of the molecule is CN(C)c1ccc(CNC(=O)CC2C=CCC2)cc1. The number of carbonyl (C=O) groups excluding carboxylic acids is 1. The van der Waals surface area contributed by atoms with Crippen LogP contribution < -0.4 is 10.2 Å². The lowest BCUT2D eigenvalue weighted by Crippen LogP contribution is -2.24. The van der Waals surface area contributed by atoms with Crippen molar-refractivity contribution in [1.82, 2.24) is 5.32 Å². The van der Waals surface area contributed by atoms with E-state index in [0.717, 1.165) is 18.4 Å². The maximum absolute atomic E-state index is 11.8. The van der Waals surface area contributed by atoms with Crippen LogP contribution in [0.1, 0.15) is 24.8 Å². The van der Waals surface area contributed by atoms with Crippen LogP contribution in [-0.4, -0.2) is 20.0 Å². The van der Waals surface area contributed by atoms with Gasteiger partial charge in [0, 0.05) is 32.7 Å². The summed E-state index contributed by atoms with van der Waals surface area (Å²) in [5, 5.41) is 2.99. The van der Waals surface area contributed by atoms with Crippen LogP contribution >= 0.6 is 0 Å². The number of hydrogen-bond acceptors (Lipinski definition) is 2. The van der Waals surface area contributed by atoms with Crippen molar-refractivity contribution in [3.63, 3.8) is 0 Å². The summed E-state index contributed by atoms with van der Waals surface area (Å²) in [6.07, 6.45) is 7.17. The highest BCUT2D eigenvalue weighted by Crippen LogP contribution is 2.20. The quantitative estimate of drug-likeness (QED) is 0.824. The number of hydrogen-bond donors (Lipinski definition) is 1. The van der Waals surface area contributed by atoms with E-state index in [1.807, 2.05) is 14.1 Å². The Morgan fingerprint density at radius 2 is 2.05 bits per heavy atom. The molecule has 1 aliphatic carbocycles. The van der Waals surface area contributed by atoms with Crippen molar-refractivity contribution in [3.8, 4) is 0 Å². The summed E-state index contributed by atoms with van der Waals surface area (Å²) >= 11 is 0. The number of rotatable bonds is 5. The van der Waals surface area contributed by atoms with Gasteiger partial charge in [-0.25, -0.2) is 0 Å². The summed E-state index contributed by atoms with van der Waals surface area (Å²) in [5.41, 5.74) is 2.31. The summed E-state index contributed by atoms with van der Waals surface area (Å²) < 4.78 is 0. The molecule has 1 aliphatic rings. The fourth-order valence-corrected chi connectivity index (χ4v) is 2.29. The molecule has 1 amide bonds. The Kier molecular flexibility index (Phi) is 4.61. The zero-order valence-corrected chi connectivity index (χ0v) is 11.7. The summed E-state index contributed by atoms with van der Waals surface area (Å²) in [6, 6.07) is 8.26. The maximum atomic E-state index is 11.8. The van der Waals surface area contributed by atoms with Crippen LogP contribution in [0.15, 0.2) is 36.4 Å². The van der Waals surface area contributed by atoms with E-state index < -0.39 is 0 Å². The third kappa shape index (κ3) is 4.12. The Morgan fingerprint density at radius 1 is 1.32 bits per heavy atom. The van der Waals surface area contributed by atoms with Gasteiger partial charge in [0.15, 0.2) is 0 Å². The molecule has 0 bridgehead atoms. The van der Waals surface area contributed by atoms with E-state index in [2.05, 4.69) is 46.6 Å². The summed E-state index contributed by atoms with van der Waals surface area (Å²) in [5.74, 6) is 0.587. The van der Waals surface area contributed by atoms with E-state index >= 15 is 0 Å². The molecule has 102 valence electrons. The lowest BCUT2D eigenvalue weighted by atomic mass is 10.1. The maximum Gasteiger partial charge on any atom is 0.220 e. The lowest BCUT2D eigenvalue weighted by Gasteiger charge is -2.13. The number of anilines is 1. The number of benzene rings is 1. The van der Waals surface area contributed by atoms with E-state index in [1.165, 1.54) is 5.69 Å². The van der Waals surface area contributed by atoms with Gasteiger partial charge in [-0.2, -0.15) is 0 Å². The van der Waals surface area contributed by atoms with Gasteiger partial charge < -0.3 is 10.2 Å². The van der Waals surface area contributed by atoms with E-state index in [9.17, 15) is 4.79 Å². The molecule has 3 nitrogen and oxygen atoms in total. The minimum absolute atomic E-state index is 0.147. The van der Waals surface area contributed by atoms with E-state index in [1.54, 1.807) is 0 Å². The molecule has 0 fully saturated rings. The van der Waals surface area contributed by atoms with Gasteiger partial charge in [0.05, 0.1) is 0 Å². The molecule has 3 heteroatoms. The molecule has 0 saturated carbocycles. The fourth-order valence-electron chi connectivity index (χ4n) is 2.29. The molecule has 1 aromatic carbocycles. The average Bonchev–Trinajstić information content (AvgIpc) is 2.89. The van der Waals surface area contributed by atoms with Crippen LogP contribution in [0.5, 0.6) is 0 Å². The first kappa shape index (κ1) is 13.7. The third-order valence-electron chi connectivity index (χ3n) is 3.50. The van der Waals surface area contributed by atoms with Crippen molar-refractivity contribution in [1.29, 1.82) is 0 Å². The first-order valence-electron chi connectivity index (χ1n) is 6.85. The molecule has 1 unspecified atom stereocenters. The average molecular weight is 258 g/mol. The van der Waals surface area contributed by atoms with Crippen molar-refractivity contribution in [3.05, 3.63) is 42.0 Å². The Hall–Kier alpha value is -1.77. The number of amides is 1. The highest BCUT2D eigenvalue weighted by molar-refractivity contribution is 5.76. The Labute approximate surface area is 115 Å². The van der Waals surface area contributed by atoms with Crippen molar-refractivity contribution < 1.29 is 4.79 Å². The van der Waals surface area contributed by atoms with E-state index in [-0.39, 0.29) is 5.91 Å². The lowest BCUT2D eigenvalue weighted by molar-refractivity contribution is -0.121. The van der Waals surface area contributed by atoms with Gasteiger partial charge in [-0.05, 0) is 36.5 Å². The Bertz CT molecular complexity index is 448. The van der Waals surface area contributed by atoms with Crippen LogP contribution in [-0.2, 0) is 11.3 Å². The molecule has 1 N–H and O–H groups in total. The van der Waals surface area contributed by atoms with Crippen LogP contribution in [0.2, 0.25) is 0 Å². The van der Waals surface area contributed by atoms with Crippen LogP contribution in [0.25, 0.3) is 0 Å². The normalized spacial score (nSPS) is 17.5. The number of carbonyl (C=O) groups is 1. The number of allylic oxidation sites excluding steroid dienone is 2. The second-order valence-corrected chi connectivity index (χ2v) is 5.31. The summed E-state index contributed by atoms with van der Waals surface area (Å²) in [6.45, 7) is 0.614. The fraction of sp³-hybridized carbons (Fsp3) is 0.438. The van der Waals surface area contributed by atoms with Crippen LogP contribution in [0, 0.1) is 5.92 Å². The molecule has 2 rings (SSSR count). The minimum atomic E-state index is 0.147. The van der Waals surface area contributed by atoms with Gasteiger partial charge in [0.25, 0.3) is 0 Å². The van der Waals surface area contributed by atoms with Gasteiger partial charge in [0.2, 0.25) is 5.91 Å². The molecule has 0 saturated heterocycles. The highest BCUT2D eigenvalue weighted by Gasteiger charge is 2.13. The standard InChI is InChI=1S/C16H22N2O/c1-18(2)15-9-7-14(8-10-15)12-17-16(19)11-13-5-3-4-6-13/h3,5,7-10,13H,4,6,11-12H2,1-2H3,(H,17,19). The number of nitrogens with zero attached hydrogens (tertiary/aromatic N) is 1. The highest BCUT2D eigenvalue weighted by atomic mass is 16.1. The largest absolute Gasteiger partial charge is 0.378 e. The molecule has 0 aromatic heterocycles. The van der Waals surface area contributed by atoms with Crippen LogP contribution in [0.3, 0.4) is 0 Å². The molecule has 0 radical (unpaired) electrons. The van der Waals surface area contributed by atoms with Crippen molar-refractivity contribution in [2.75, 3.05) is 19.0 Å². The number of nitrogens with one attached hydrogen (secondary N) is 1. The topological polar surface area (TPSA) is 32.3 Å². The van der Waals surface area contributed by atoms with Crippen molar-refractivity contribution >= 4 is 11.6 Å².